The van der Waals surface area contributed by atoms with Gasteiger partial charge >= 0.3 is 0 Å². The Morgan fingerprint density at radius 3 is 2.88 bits per heavy atom. The first kappa shape index (κ1) is 13.2. The monoisotopic (exact) mass is 224 g/mol. The van der Waals surface area contributed by atoms with Gasteiger partial charge in [-0.25, -0.2) is 0 Å². The van der Waals surface area contributed by atoms with E-state index in [2.05, 4.69) is 6.92 Å². The van der Waals surface area contributed by atoms with Crippen LogP contribution in [0.1, 0.15) is 40.0 Å². The predicted molar refractivity (Wildman–Crippen MR) is 67.0 cm³/mol. The lowest BCUT2D eigenvalue weighted by atomic mass is 9.92. The van der Waals surface area contributed by atoms with Crippen LogP contribution in [0.25, 0.3) is 0 Å². The third kappa shape index (κ3) is 3.34. The van der Waals surface area contributed by atoms with Crippen LogP contribution in [-0.4, -0.2) is 29.9 Å². The van der Waals surface area contributed by atoms with E-state index in [1.807, 2.05) is 24.8 Å². The van der Waals surface area contributed by atoms with E-state index < -0.39 is 0 Å². The van der Waals surface area contributed by atoms with E-state index in [-0.39, 0.29) is 11.9 Å². The third-order valence-electron chi connectivity index (χ3n) is 3.34. The van der Waals surface area contributed by atoms with Gasteiger partial charge in [0.05, 0.1) is 0 Å². The first-order valence-electron chi connectivity index (χ1n) is 6.27. The van der Waals surface area contributed by atoms with Gasteiger partial charge < -0.3 is 10.6 Å². The van der Waals surface area contributed by atoms with E-state index in [4.69, 9.17) is 5.73 Å². The largest absolute Gasteiger partial charge is 0.339 e. The van der Waals surface area contributed by atoms with Crippen LogP contribution in [0.15, 0.2) is 11.6 Å². The maximum absolute atomic E-state index is 12.1. The summed E-state index contributed by atoms with van der Waals surface area (Å²) >= 11 is 0. The Morgan fingerprint density at radius 1 is 1.62 bits per heavy atom. The molecule has 0 unspecified atom stereocenters. The fourth-order valence-electron chi connectivity index (χ4n) is 2.27. The second-order valence-corrected chi connectivity index (χ2v) is 4.81. The van der Waals surface area contributed by atoms with E-state index in [9.17, 15) is 4.79 Å². The lowest BCUT2D eigenvalue weighted by Crippen LogP contribution is -2.45. The maximum atomic E-state index is 12.1. The number of likely N-dealkylation sites (tertiary alicyclic amines) is 1. The first-order valence-corrected chi connectivity index (χ1v) is 6.27. The van der Waals surface area contributed by atoms with Crippen LogP contribution in [0.2, 0.25) is 0 Å². The summed E-state index contributed by atoms with van der Waals surface area (Å²) in [6, 6.07) is 0.186. The molecule has 0 bridgehead atoms. The van der Waals surface area contributed by atoms with Crippen LogP contribution in [0, 0.1) is 5.92 Å². The molecular formula is C13H24N2O. The summed E-state index contributed by atoms with van der Waals surface area (Å²) < 4.78 is 0. The number of hydrogen-bond donors (Lipinski definition) is 1. The zero-order valence-corrected chi connectivity index (χ0v) is 10.7. The number of carbonyl (C=O) groups excluding carboxylic acids is 1. The quantitative estimate of drug-likeness (QED) is 0.745. The van der Waals surface area contributed by atoms with Crippen LogP contribution >= 0.6 is 0 Å². The molecule has 3 nitrogen and oxygen atoms in total. The standard InChI is InChI=1S/C13H24N2O/c1-4-6-10(2)13(16)15-8-5-7-12(9-15)11(3)14/h6,11-12H,4-5,7-9,14H2,1-3H3/b10-6-/t11-,12+/m1/s1. The molecule has 2 N–H and O–H groups in total. The molecule has 1 aliphatic heterocycles. The smallest absolute Gasteiger partial charge is 0.249 e. The lowest BCUT2D eigenvalue weighted by molar-refractivity contribution is -0.129. The minimum Gasteiger partial charge on any atom is -0.339 e. The molecule has 0 aliphatic carbocycles. The van der Waals surface area contributed by atoms with E-state index in [0.717, 1.165) is 37.9 Å². The van der Waals surface area contributed by atoms with Crippen molar-refractivity contribution < 1.29 is 4.79 Å². The van der Waals surface area contributed by atoms with Gasteiger partial charge in [-0.2, -0.15) is 0 Å². The Balaban J connectivity index is 2.60. The molecule has 92 valence electrons. The Hall–Kier alpha value is -0.830. The van der Waals surface area contributed by atoms with Gasteiger partial charge in [0, 0.05) is 24.7 Å². The van der Waals surface area contributed by atoms with Crippen molar-refractivity contribution >= 4 is 5.91 Å². The minimum atomic E-state index is 0.186. The molecule has 1 aliphatic rings. The number of rotatable bonds is 3. The van der Waals surface area contributed by atoms with Gasteiger partial charge in [-0.3, -0.25) is 4.79 Å². The molecule has 1 heterocycles. The summed E-state index contributed by atoms with van der Waals surface area (Å²) in [7, 11) is 0. The molecule has 0 saturated carbocycles. The van der Waals surface area contributed by atoms with Crippen LogP contribution in [-0.2, 0) is 4.79 Å². The normalized spacial score (nSPS) is 24.4. The molecule has 1 rings (SSSR count). The highest BCUT2D eigenvalue weighted by Gasteiger charge is 2.25. The molecule has 0 radical (unpaired) electrons. The van der Waals surface area contributed by atoms with Crippen molar-refractivity contribution in [3.05, 3.63) is 11.6 Å². The number of nitrogens with zero attached hydrogens (tertiary/aromatic N) is 1. The maximum Gasteiger partial charge on any atom is 0.249 e. The van der Waals surface area contributed by atoms with Crippen molar-refractivity contribution in [1.82, 2.24) is 4.90 Å². The highest BCUT2D eigenvalue weighted by atomic mass is 16.2. The average molecular weight is 224 g/mol. The van der Waals surface area contributed by atoms with Gasteiger partial charge in [0.1, 0.15) is 0 Å². The lowest BCUT2D eigenvalue weighted by Gasteiger charge is -2.34. The minimum absolute atomic E-state index is 0.186. The van der Waals surface area contributed by atoms with E-state index in [0.29, 0.717) is 5.92 Å². The zero-order valence-electron chi connectivity index (χ0n) is 10.7. The van der Waals surface area contributed by atoms with Crippen molar-refractivity contribution in [3.63, 3.8) is 0 Å². The van der Waals surface area contributed by atoms with Crippen LogP contribution in [0.4, 0.5) is 0 Å². The summed E-state index contributed by atoms with van der Waals surface area (Å²) in [4.78, 5) is 14.0. The molecule has 1 fully saturated rings. The molecule has 1 saturated heterocycles. The molecule has 3 heteroatoms. The van der Waals surface area contributed by atoms with Gasteiger partial charge in [0.15, 0.2) is 0 Å². The average Bonchev–Trinajstić information content (AvgIpc) is 2.28. The summed E-state index contributed by atoms with van der Waals surface area (Å²) in [5, 5.41) is 0. The number of piperidine rings is 1. The second-order valence-electron chi connectivity index (χ2n) is 4.81. The highest BCUT2D eigenvalue weighted by molar-refractivity contribution is 5.92. The van der Waals surface area contributed by atoms with Crippen LogP contribution in [0.5, 0.6) is 0 Å². The zero-order chi connectivity index (χ0) is 12.1. The van der Waals surface area contributed by atoms with Crippen molar-refractivity contribution in [1.29, 1.82) is 0 Å². The Kier molecular flexibility index (Phi) is 5.00. The predicted octanol–water partition coefficient (Wildman–Crippen LogP) is 1.93. The molecule has 16 heavy (non-hydrogen) atoms. The Morgan fingerprint density at radius 2 is 2.31 bits per heavy atom. The first-order chi connectivity index (χ1) is 7.56. The molecule has 1 amide bonds. The van der Waals surface area contributed by atoms with Gasteiger partial charge in [0.25, 0.3) is 0 Å². The van der Waals surface area contributed by atoms with Crippen molar-refractivity contribution in [3.8, 4) is 0 Å². The number of hydrogen-bond acceptors (Lipinski definition) is 2. The molecule has 0 spiro atoms. The number of carbonyl (C=O) groups is 1. The van der Waals surface area contributed by atoms with Crippen LogP contribution < -0.4 is 5.73 Å². The van der Waals surface area contributed by atoms with Gasteiger partial charge in [-0.05, 0) is 39.0 Å². The number of amides is 1. The molecule has 0 aromatic carbocycles. The fraction of sp³-hybridized carbons (Fsp3) is 0.769. The van der Waals surface area contributed by atoms with Crippen molar-refractivity contribution in [2.75, 3.05) is 13.1 Å². The summed E-state index contributed by atoms with van der Waals surface area (Å²) in [5.74, 6) is 0.652. The number of allylic oxidation sites excluding steroid dienone is 1. The molecular weight excluding hydrogens is 200 g/mol. The second kappa shape index (κ2) is 6.04. The molecule has 2 atom stereocenters. The summed E-state index contributed by atoms with van der Waals surface area (Å²) in [6.45, 7) is 7.70. The Bertz CT molecular complexity index is 271. The summed E-state index contributed by atoms with van der Waals surface area (Å²) in [5.41, 5.74) is 6.78. The van der Waals surface area contributed by atoms with E-state index in [1.165, 1.54) is 0 Å². The van der Waals surface area contributed by atoms with E-state index >= 15 is 0 Å². The van der Waals surface area contributed by atoms with E-state index in [1.54, 1.807) is 0 Å². The third-order valence-corrected chi connectivity index (χ3v) is 3.34. The highest BCUT2D eigenvalue weighted by Crippen LogP contribution is 2.20. The van der Waals surface area contributed by atoms with Crippen molar-refractivity contribution in [2.45, 2.75) is 46.1 Å². The van der Waals surface area contributed by atoms with Crippen LogP contribution in [0.3, 0.4) is 0 Å². The number of nitrogens with two attached hydrogens (primary N) is 1. The van der Waals surface area contributed by atoms with Gasteiger partial charge in [-0.15, -0.1) is 0 Å². The van der Waals surface area contributed by atoms with Gasteiger partial charge in [-0.1, -0.05) is 13.0 Å². The molecule has 0 aromatic rings. The van der Waals surface area contributed by atoms with Crippen molar-refractivity contribution in [2.24, 2.45) is 11.7 Å². The fourth-order valence-corrected chi connectivity index (χ4v) is 2.27. The van der Waals surface area contributed by atoms with Gasteiger partial charge in [0.2, 0.25) is 5.91 Å². The molecule has 0 aromatic heterocycles. The summed E-state index contributed by atoms with van der Waals surface area (Å²) in [6.07, 6.45) is 5.15. The Labute approximate surface area is 98.7 Å². The SMILES string of the molecule is CC/C=C(/C)C(=O)N1CCC[C@H]([C@@H](C)N)C1. The topological polar surface area (TPSA) is 46.3 Å².